The molecule has 0 atom stereocenters. The number of hydrogen-bond acceptors (Lipinski definition) is 4. The van der Waals surface area contributed by atoms with Crippen molar-refractivity contribution in [1.29, 1.82) is 0 Å². The Kier molecular flexibility index (Phi) is 4.88. The van der Waals surface area contributed by atoms with Crippen LogP contribution in [0.1, 0.15) is 5.56 Å². The Bertz CT molecular complexity index is 662. The van der Waals surface area contributed by atoms with Crippen LogP contribution in [0.4, 0.5) is 5.69 Å². The van der Waals surface area contributed by atoms with Crippen molar-refractivity contribution >= 4 is 28.9 Å². The first-order valence-corrected chi connectivity index (χ1v) is 6.67. The van der Waals surface area contributed by atoms with E-state index in [1.807, 2.05) is 30.3 Å². The van der Waals surface area contributed by atoms with Gasteiger partial charge in [0, 0.05) is 6.07 Å². The van der Waals surface area contributed by atoms with E-state index in [2.05, 4.69) is 0 Å². The molecule has 110 valence electrons. The fourth-order valence-corrected chi connectivity index (χ4v) is 2.38. The lowest BCUT2D eigenvalue weighted by Gasteiger charge is -2.13. The highest BCUT2D eigenvalue weighted by Crippen LogP contribution is 2.46. The first-order valence-electron chi connectivity index (χ1n) is 5.91. The summed E-state index contributed by atoms with van der Waals surface area (Å²) in [7, 11) is 1.41. The standard InChI is InChI=1S/C14H11Cl2NO4/c1-20-11-7-10(15)13(17(18)19)12(16)14(11)21-8-9-5-3-2-4-6-9/h2-7H,8H2,1H3. The fraction of sp³-hybridized carbons (Fsp3) is 0.143. The Hall–Kier alpha value is -1.98. The monoisotopic (exact) mass is 327 g/mol. The lowest BCUT2D eigenvalue weighted by Crippen LogP contribution is -2.01. The van der Waals surface area contributed by atoms with Crippen LogP contribution in [-0.2, 0) is 6.61 Å². The summed E-state index contributed by atoms with van der Waals surface area (Å²) in [6.07, 6.45) is 0. The molecule has 0 aliphatic carbocycles. The molecule has 0 aliphatic rings. The molecule has 0 N–H and O–H groups in total. The van der Waals surface area contributed by atoms with Gasteiger partial charge in [0.25, 0.3) is 0 Å². The SMILES string of the molecule is COc1cc(Cl)c([N+](=O)[O-])c(Cl)c1OCc1ccccc1. The molecule has 0 bridgehead atoms. The smallest absolute Gasteiger partial charge is 0.310 e. The number of nitrogens with zero attached hydrogens (tertiary/aromatic N) is 1. The van der Waals surface area contributed by atoms with E-state index >= 15 is 0 Å². The largest absolute Gasteiger partial charge is 0.493 e. The molecule has 0 radical (unpaired) electrons. The van der Waals surface area contributed by atoms with E-state index < -0.39 is 10.6 Å². The molecular weight excluding hydrogens is 317 g/mol. The molecule has 0 heterocycles. The van der Waals surface area contributed by atoms with Crippen LogP contribution in [0.2, 0.25) is 10.0 Å². The summed E-state index contributed by atoms with van der Waals surface area (Å²) in [5.74, 6) is 0.339. The summed E-state index contributed by atoms with van der Waals surface area (Å²) in [6, 6.07) is 10.6. The highest BCUT2D eigenvalue weighted by molar-refractivity contribution is 6.39. The van der Waals surface area contributed by atoms with E-state index in [-0.39, 0.29) is 28.2 Å². The first kappa shape index (κ1) is 15.4. The predicted molar refractivity (Wildman–Crippen MR) is 80.4 cm³/mol. The maximum Gasteiger partial charge on any atom is 0.310 e. The van der Waals surface area contributed by atoms with Crippen molar-refractivity contribution in [1.82, 2.24) is 0 Å². The highest BCUT2D eigenvalue weighted by atomic mass is 35.5. The Morgan fingerprint density at radius 3 is 2.48 bits per heavy atom. The minimum Gasteiger partial charge on any atom is -0.493 e. The normalized spacial score (nSPS) is 10.2. The Morgan fingerprint density at radius 1 is 1.24 bits per heavy atom. The highest BCUT2D eigenvalue weighted by Gasteiger charge is 2.26. The Balaban J connectivity index is 2.37. The lowest BCUT2D eigenvalue weighted by atomic mass is 10.2. The third-order valence-corrected chi connectivity index (χ3v) is 3.38. The average Bonchev–Trinajstić information content (AvgIpc) is 2.46. The number of nitro groups is 1. The van der Waals surface area contributed by atoms with Crippen LogP contribution in [0.3, 0.4) is 0 Å². The topological polar surface area (TPSA) is 61.6 Å². The molecule has 5 nitrogen and oxygen atoms in total. The van der Waals surface area contributed by atoms with Gasteiger partial charge in [0.1, 0.15) is 11.6 Å². The second kappa shape index (κ2) is 6.65. The van der Waals surface area contributed by atoms with Crippen LogP contribution in [-0.4, -0.2) is 12.0 Å². The number of hydrogen-bond donors (Lipinski definition) is 0. The number of nitro benzene ring substituents is 1. The molecule has 2 aromatic rings. The van der Waals surface area contributed by atoms with E-state index in [1.54, 1.807) is 0 Å². The van der Waals surface area contributed by atoms with E-state index in [0.717, 1.165) is 5.56 Å². The van der Waals surface area contributed by atoms with Crippen molar-refractivity contribution in [2.24, 2.45) is 0 Å². The van der Waals surface area contributed by atoms with E-state index in [1.165, 1.54) is 13.2 Å². The van der Waals surface area contributed by atoms with Gasteiger partial charge in [-0.2, -0.15) is 0 Å². The van der Waals surface area contributed by atoms with Crippen molar-refractivity contribution in [3.8, 4) is 11.5 Å². The predicted octanol–water partition coefficient (Wildman–Crippen LogP) is 4.49. The van der Waals surface area contributed by atoms with Crippen LogP contribution in [0.25, 0.3) is 0 Å². The van der Waals surface area contributed by atoms with Crippen LogP contribution in [0.5, 0.6) is 11.5 Å². The molecule has 0 fully saturated rings. The molecule has 0 amide bonds. The van der Waals surface area contributed by atoms with Crippen LogP contribution in [0, 0.1) is 10.1 Å². The molecule has 0 unspecified atom stereocenters. The van der Waals surface area contributed by atoms with Gasteiger partial charge in [-0.15, -0.1) is 0 Å². The third kappa shape index (κ3) is 3.37. The number of halogens is 2. The summed E-state index contributed by atoms with van der Waals surface area (Å²) in [5.41, 5.74) is 0.496. The maximum absolute atomic E-state index is 11.0. The molecule has 2 rings (SSSR count). The van der Waals surface area contributed by atoms with Crippen LogP contribution in [0.15, 0.2) is 36.4 Å². The summed E-state index contributed by atoms with van der Waals surface area (Å²) in [6.45, 7) is 0.204. The fourth-order valence-electron chi connectivity index (χ4n) is 1.75. The zero-order valence-corrected chi connectivity index (χ0v) is 12.5. The molecule has 21 heavy (non-hydrogen) atoms. The quantitative estimate of drug-likeness (QED) is 0.599. The van der Waals surface area contributed by atoms with E-state index in [4.69, 9.17) is 32.7 Å². The van der Waals surface area contributed by atoms with E-state index in [0.29, 0.717) is 0 Å². The Morgan fingerprint density at radius 2 is 1.90 bits per heavy atom. The molecule has 0 spiro atoms. The molecular formula is C14H11Cl2NO4. The average molecular weight is 328 g/mol. The number of rotatable bonds is 5. The minimum absolute atomic E-state index is 0.0964. The molecule has 0 aromatic heterocycles. The summed E-state index contributed by atoms with van der Waals surface area (Å²) < 4.78 is 10.7. The molecule has 2 aromatic carbocycles. The van der Waals surface area contributed by atoms with Gasteiger partial charge in [-0.05, 0) is 5.56 Å². The van der Waals surface area contributed by atoms with Gasteiger partial charge in [-0.3, -0.25) is 10.1 Å². The Labute approximate surface area is 131 Å². The van der Waals surface area contributed by atoms with Gasteiger partial charge in [0.2, 0.25) is 0 Å². The van der Waals surface area contributed by atoms with Crippen molar-refractivity contribution in [3.05, 3.63) is 62.1 Å². The maximum atomic E-state index is 11.0. The van der Waals surface area contributed by atoms with Gasteiger partial charge < -0.3 is 9.47 Å². The molecule has 0 aliphatic heterocycles. The second-order valence-corrected chi connectivity index (χ2v) is 4.87. The van der Waals surface area contributed by atoms with Gasteiger partial charge >= 0.3 is 5.69 Å². The molecule has 7 heteroatoms. The first-order chi connectivity index (χ1) is 10.0. The van der Waals surface area contributed by atoms with Gasteiger partial charge in [0.15, 0.2) is 16.5 Å². The van der Waals surface area contributed by atoms with Gasteiger partial charge in [-0.1, -0.05) is 53.5 Å². The van der Waals surface area contributed by atoms with Crippen molar-refractivity contribution < 1.29 is 14.4 Å². The molecule has 0 saturated heterocycles. The van der Waals surface area contributed by atoms with Crippen LogP contribution >= 0.6 is 23.2 Å². The van der Waals surface area contributed by atoms with Crippen molar-refractivity contribution in [2.45, 2.75) is 6.61 Å². The van der Waals surface area contributed by atoms with Crippen molar-refractivity contribution in [2.75, 3.05) is 7.11 Å². The van der Waals surface area contributed by atoms with Crippen LogP contribution < -0.4 is 9.47 Å². The zero-order valence-electron chi connectivity index (χ0n) is 11.0. The number of ether oxygens (including phenoxy) is 2. The second-order valence-electron chi connectivity index (χ2n) is 4.08. The van der Waals surface area contributed by atoms with Crippen molar-refractivity contribution in [3.63, 3.8) is 0 Å². The summed E-state index contributed by atoms with van der Waals surface area (Å²) in [5, 5.41) is 10.7. The van der Waals surface area contributed by atoms with Gasteiger partial charge in [0.05, 0.1) is 12.0 Å². The summed E-state index contributed by atoms with van der Waals surface area (Å²) in [4.78, 5) is 10.4. The third-order valence-electron chi connectivity index (χ3n) is 2.74. The van der Waals surface area contributed by atoms with E-state index in [9.17, 15) is 10.1 Å². The summed E-state index contributed by atoms with van der Waals surface area (Å²) >= 11 is 11.9. The lowest BCUT2D eigenvalue weighted by molar-refractivity contribution is -0.384. The van der Waals surface area contributed by atoms with Gasteiger partial charge in [-0.25, -0.2) is 0 Å². The zero-order chi connectivity index (χ0) is 15.4. The number of benzene rings is 2. The number of methoxy groups -OCH3 is 1. The molecule has 0 saturated carbocycles. The minimum atomic E-state index is -0.653.